The number of benzene rings is 1. The predicted octanol–water partition coefficient (Wildman–Crippen LogP) is 2.74. The molecule has 1 unspecified atom stereocenters. The molecule has 0 radical (unpaired) electrons. The molecule has 1 saturated heterocycles. The topological polar surface area (TPSA) is 32.3 Å². The lowest BCUT2D eigenvalue weighted by Gasteiger charge is -2.24. The molecule has 1 aliphatic rings. The van der Waals surface area contributed by atoms with E-state index in [1.165, 1.54) is 11.0 Å². The Hall–Kier alpha value is -0.830. The molecule has 0 saturated carbocycles. The molecule has 1 heterocycles. The summed E-state index contributed by atoms with van der Waals surface area (Å²) in [7, 11) is 1.63. The van der Waals surface area contributed by atoms with Gasteiger partial charge in [-0.25, -0.2) is 0 Å². The van der Waals surface area contributed by atoms with Gasteiger partial charge in [0.25, 0.3) is 5.91 Å². The third-order valence-corrected chi connectivity index (χ3v) is 4.00. The highest BCUT2D eigenvalue weighted by molar-refractivity contribution is 14.1. The van der Waals surface area contributed by atoms with Gasteiger partial charge < -0.3 is 10.2 Å². The van der Waals surface area contributed by atoms with E-state index in [2.05, 4.69) is 5.32 Å². The summed E-state index contributed by atoms with van der Waals surface area (Å²) in [5.41, 5.74) is -0.704. The number of carbonyl (C=O) groups is 1. The number of nitrogens with zero attached hydrogens (tertiary/aromatic N) is 1. The third-order valence-electron chi connectivity index (χ3n) is 3.37. The summed E-state index contributed by atoms with van der Waals surface area (Å²) in [6, 6.07) is 3.48. The van der Waals surface area contributed by atoms with E-state index in [0.717, 1.165) is 25.1 Å². The average Bonchev–Trinajstić information content (AvgIpc) is 2.89. The van der Waals surface area contributed by atoms with E-state index >= 15 is 0 Å². The van der Waals surface area contributed by atoms with Gasteiger partial charge in [0.1, 0.15) is 0 Å². The number of nitrogens with one attached hydrogen (secondary N) is 1. The van der Waals surface area contributed by atoms with Crippen LogP contribution >= 0.6 is 22.6 Å². The lowest BCUT2D eigenvalue weighted by Crippen LogP contribution is -2.38. The van der Waals surface area contributed by atoms with Crippen molar-refractivity contribution in [3.05, 3.63) is 32.9 Å². The molecule has 110 valence electrons. The highest BCUT2D eigenvalue weighted by Gasteiger charge is 2.32. The van der Waals surface area contributed by atoms with E-state index in [4.69, 9.17) is 0 Å². The Labute approximate surface area is 128 Å². The largest absolute Gasteiger partial charge is 0.416 e. The highest BCUT2D eigenvalue weighted by atomic mass is 127. The van der Waals surface area contributed by atoms with Crippen LogP contribution in [0, 0.1) is 3.57 Å². The van der Waals surface area contributed by atoms with E-state index in [1.807, 2.05) is 0 Å². The van der Waals surface area contributed by atoms with Gasteiger partial charge >= 0.3 is 6.18 Å². The second kappa shape index (κ2) is 5.88. The van der Waals surface area contributed by atoms with Gasteiger partial charge in [-0.05, 0) is 53.8 Å². The molecule has 1 aromatic carbocycles. The summed E-state index contributed by atoms with van der Waals surface area (Å²) >= 11 is 1.79. The first kappa shape index (κ1) is 15.6. The highest BCUT2D eigenvalue weighted by Crippen LogP contribution is 2.31. The molecule has 3 nitrogen and oxygen atoms in total. The minimum Gasteiger partial charge on any atom is -0.337 e. The maximum absolute atomic E-state index is 12.8. The van der Waals surface area contributed by atoms with Crippen LogP contribution in [0.2, 0.25) is 0 Å². The second-order valence-corrected chi connectivity index (χ2v) is 6.03. The zero-order valence-electron chi connectivity index (χ0n) is 10.8. The van der Waals surface area contributed by atoms with Gasteiger partial charge in [-0.2, -0.15) is 13.2 Å². The number of amides is 1. The summed E-state index contributed by atoms with van der Waals surface area (Å²) in [4.78, 5) is 13.8. The zero-order chi connectivity index (χ0) is 14.9. The monoisotopic (exact) mass is 398 g/mol. The van der Waals surface area contributed by atoms with Crippen LogP contribution in [0.25, 0.3) is 0 Å². The number of alkyl halides is 3. The number of carbonyl (C=O) groups excluding carboxylic acids is 1. The lowest BCUT2D eigenvalue weighted by molar-refractivity contribution is -0.137. The minimum atomic E-state index is -4.44. The molecule has 1 aromatic rings. The Morgan fingerprint density at radius 3 is 2.65 bits per heavy atom. The van der Waals surface area contributed by atoms with Gasteiger partial charge in [0, 0.05) is 28.8 Å². The average molecular weight is 398 g/mol. The van der Waals surface area contributed by atoms with Gasteiger partial charge in [-0.1, -0.05) is 0 Å². The van der Waals surface area contributed by atoms with E-state index in [9.17, 15) is 18.0 Å². The van der Waals surface area contributed by atoms with Crippen LogP contribution in [0.3, 0.4) is 0 Å². The fourth-order valence-corrected chi connectivity index (χ4v) is 2.89. The van der Waals surface area contributed by atoms with Crippen molar-refractivity contribution in [2.75, 3.05) is 20.1 Å². The predicted molar refractivity (Wildman–Crippen MR) is 77.5 cm³/mol. The summed E-state index contributed by atoms with van der Waals surface area (Å²) in [6.45, 7) is 1.50. The molecule has 1 aliphatic heterocycles. The summed E-state index contributed by atoms with van der Waals surface area (Å²) in [6.07, 6.45) is -3.62. The summed E-state index contributed by atoms with van der Waals surface area (Å²) < 4.78 is 38.7. The zero-order valence-corrected chi connectivity index (χ0v) is 13.0. The molecular weight excluding hydrogens is 384 g/mol. The van der Waals surface area contributed by atoms with Crippen LogP contribution in [0.5, 0.6) is 0 Å². The van der Waals surface area contributed by atoms with E-state index < -0.39 is 11.7 Å². The van der Waals surface area contributed by atoms with Crippen LogP contribution < -0.4 is 5.32 Å². The molecule has 0 spiro atoms. The molecule has 1 atom stereocenters. The van der Waals surface area contributed by atoms with Crippen LogP contribution in [-0.4, -0.2) is 37.0 Å². The maximum Gasteiger partial charge on any atom is 0.416 e. The fourth-order valence-electron chi connectivity index (χ4n) is 2.22. The van der Waals surface area contributed by atoms with Crippen LogP contribution in [-0.2, 0) is 6.18 Å². The van der Waals surface area contributed by atoms with E-state index in [-0.39, 0.29) is 17.5 Å². The number of likely N-dealkylation sites (N-methyl/N-ethyl adjacent to an activating group) is 1. The molecule has 1 amide bonds. The molecule has 0 bridgehead atoms. The Bertz CT molecular complexity index is 513. The quantitative estimate of drug-likeness (QED) is 0.778. The van der Waals surface area contributed by atoms with Gasteiger partial charge in [0.2, 0.25) is 0 Å². The van der Waals surface area contributed by atoms with E-state index in [1.54, 1.807) is 29.6 Å². The molecule has 7 heteroatoms. The molecule has 1 fully saturated rings. The normalized spacial score (nSPS) is 19.1. The van der Waals surface area contributed by atoms with Crippen LogP contribution in [0.4, 0.5) is 13.2 Å². The SMILES string of the molecule is CN(C(=O)c1cc(I)cc(C(F)(F)F)c1)C1CCNC1. The van der Waals surface area contributed by atoms with Gasteiger partial charge in [0.05, 0.1) is 5.56 Å². The number of halogens is 4. The number of hydrogen-bond acceptors (Lipinski definition) is 2. The van der Waals surface area contributed by atoms with Crippen molar-refractivity contribution in [2.24, 2.45) is 0 Å². The lowest BCUT2D eigenvalue weighted by atomic mass is 10.1. The second-order valence-electron chi connectivity index (χ2n) is 4.79. The van der Waals surface area contributed by atoms with Crippen molar-refractivity contribution in [3.63, 3.8) is 0 Å². The summed E-state index contributed by atoms with van der Waals surface area (Å²) in [5.74, 6) is -0.372. The molecular formula is C13H14F3IN2O. The maximum atomic E-state index is 12.8. The first-order valence-electron chi connectivity index (χ1n) is 6.14. The first-order chi connectivity index (χ1) is 9.29. The van der Waals surface area contributed by atoms with Crippen molar-refractivity contribution in [1.82, 2.24) is 10.2 Å². The Morgan fingerprint density at radius 1 is 1.40 bits per heavy atom. The van der Waals surface area contributed by atoms with Crippen molar-refractivity contribution in [1.29, 1.82) is 0 Å². The first-order valence-corrected chi connectivity index (χ1v) is 7.22. The Kier molecular flexibility index (Phi) is 4.58. The van der Waals surface area contributed by atoms with Crippen molar-refractivity contribution < 1.29 is 18.0 Å². The minimum absolute atomic E-state index is 0.0368. The molecule has 0 aliphatic carbocycles. The van der Waals surface area contributed by atoms with Crippen LogP contribution in [0.15, 0.2) is 18.2 Å². The van der Waals surface area contributed by atoms with Crippen LogP contribution in [0.1, 0.15) is 22.3 Å². The van der Waals surface area contributed by atoms with Crippen molar-refractivity contribution in [2.45, 2.75) is 18.6 Å². The molecule has 1 N–H and O–H groups in total. The van der Waals surface area contributed by atoms with E-state index in [0.29, 0.717) is 10.1 Å². The van der Waals surface area contributed by atoms with Crippen molar-refractivity contribution in [3.8, 4) is 0 Å². The van der Waals surface area contributed by atoms with Gasteiger partial charge in [-0.3, -0.25) is 4.79 Å². The Balaban J connectivity index is 2.27. The summed E-state index contributed by atoms with van der Waals surface area (Å²) in [5, 5.41) is 3.13. The molecule has 2 rings (SSSR count). The number of hydrogen-bond donors (Lipinski definition) is 1. The van der Waals surface area contributed by atoms with Gasteiger partial charge in [-0.15, -0.1) is 0 Å². The number of rotatable bonds is 2. The smallest absolute Gasteiger partial charge is 0.337 e. The van der Waals surface area contributed by atoms with Gasteiger partial charge in [0.15, 0.2) is 0 Å². The molecule has 20 heavy (non-hydrogen) atoms. The van der Waals surface area contributed by atoms with Crippen molar-refractivity contribution >= 4 is 28.5 Å². The molecule has 0 aromatic heterocycles. The Morgan fingerprint density at radius 2 is 2.10 bits per heavy atom. The fraction of sp³-hybridized carbons (Fsp3) is 0.462. The standard InChI is InChI=1S/C13H14F3IN2O/c1-19(11-2-3-18-7-11)12(20)8-4-9(13(14,15)16)6-10(17)5-8/h4-6,11,18H,2-3,7H2,1H3. The third kappa shape index (κ3) is 3.43.